The molecule has 1 aromatic carbocycles. The molecule has 0 atom stereocenters. The van der Waals surface area contributed by atoms with E-state index < -0.39 is 11.7 Å². The van der Waals surface area contributed by atoms with E-state index in [-0.39, 0.29) is 12.5 Å². The molecular formula is C20H19F3N2OS. The molecule has 1 fully saturated rings. The van der Waals surface area contributed by atoms with Crippen LogP contribution in [0.5, 0.6) is 0 Å². The fourth-order valence-corrected chi connectivity index (χ4v) is 4.20. The van der Waals surface area contributed by atoms with E-state index in [4.69, 9.17) is 0 Å². The van der Waals surface area contributed by atoms with Crippen molar-refractivity contribution in [2.75, 3.05) is 0 Å². The van der Waals surface area contributed by atoms with Crippen molar-refractivity contribution >= 4 is 27.5 Å². The smallest absolute Gasteiger partial charge is 0.347 e. The summed E-state index contributed by atoms with van der Waals surface area (Å²) in [6, 6.07) is 9.02. The average Bonchev–Trinajstić information content (AvgIpc) is 3.27. The Bertz CT molecular complexity index is 998. The van der Waals surface area contributed by atoms with Gasteiger partial charge in [-0.2, -0.15) is 13.2 Å². The van der Waals surface area contributed by atoms with Gasteiger partial charge in [-0.05, 0) is 55.5 Å². The van der Waals surface area contributed by atoms with Crippen molar-refractivity contribution in [3.8, 4) is 0 Å². The van der Waals surface area contributed by atoms with Crippen LogP contribution in [-0.2, 0) is 19.3 Å². The van der Waals surface area contributed by atoms with Gasteiger partial charge in [-0.15, -0.1) is 11.3 Å². The molecule has 27 heavy (non-hydrogen) atoms. The van der Waals surface area contributed by atoms with Crippen LogP contribution < -0.4 is 5.32 Å². The fourth-order valence-electron chi connectivity index (χ4n) is 3.24. The maximum Gasteiger partial charge on any atom is 0.416 e. The van der Waals surface area contributed by atoms with Crippen molar-refractivity contribution in [3.63, 3.8) is 0 Å². The van der Waals surface area contributed by atoms with Gasteiger partial charge in [0, 0.05) is 18.0 Å². The minimum atomic E-state index is -4.39. The van der Waals surface area contributed by atoms with E-state index in [9.17, 15) is 18.0 Å². The zero-order valence-corrected chi connectivity index (χ0v) is 15.6. The van der Waals surface area contributed by atoms with E-state index in [1.807, 2.05) is 13.0 Å². The predicted molar refractivity (Wildman–Crippen MR) is 99.9 cm³/mol. The Kier molecular flexibility index (Phi) is 4.50. The molecule has 1 aliphatic carbocycles. The highest BCUT2D eigenvalue weighted by Crippen LogP contribution is 2.35. The second kappa shape index (κ2) is 6.71. The van der Waals surface area contributed by atoms with Crippen molar-refractivity contribution in [3.05, 3.63) is 58.1 Å². The Balaban J connectivity index is 1.54. The number of alkyl halides is 3. The van der Waals surface area contributed by atoms with Gasteiger partial charge in [0.1, 0.15) is 5.69 Å². The summed E-state index contributed by atoms with van der Waals surface area (Å²) in [6.45, 7) is 2.91. The maximum atomic E-state index is 12.8. The van der Waals surface area contributed by atoms with Crippen molar-refractivity contribution in [1.29, 1.82) is 0 Å². The van der Waals surface area contributed by atoms with Crippen LogP contribution in [0.1, 0.15) is 39.3 Å². The Morgan fingerprint density at radius 1 is 1.26 bits per heavy atom. The van der Waals surface area contributed by atoms with Crippen LogP contribution in [-0.4, -0.2) is 10.5 Å². The molecule has 0 spiro atoms. The van der Waals surface area contributed by atoms with Gasteiger partial charge in [0.15, 0.2) is 0 Å². The topological polar surface area (TPSA) is 34.0 Å². The number of nitrogens with one attached hydrogen (secondary N) is 1. The lowest BCUT2D eigenvalue weighted by Crippen LogP contribution is -2.26. The highest BCUT2D eigenvalue weighted by Gasteiger charge is 2.30. The molecule has 2 heterocycles. The van der Waals surface area contributed by atoms with Crippen molar-refractivity contribution in [1.82, 2.24) is 9.88 Å². The molecule has 7 heteroatoms. The van der Waals surface area contributed by atoms with Gasteiger partial charge in [-0.1, -0.05) is 12.1 Å². The first-order valence-electron chi connectivity index (χ1n) is 8.85. The van der Waals surface area contributed by atoms with E-state index in [0.29, 0.717) is 17.2 Å². The molecule has 2 aromatic heterocycles. The lowest BCUT2D eigenvalue weighted by Gasteiger charge is -2.12. The van der Waals surface area contributed by atoms with Gasteiger partial charge < -0.3 is 9.88 Å². The average molecular weight is 392 g/mol. The summed E-state index contributed by atoms with van der Waals surface area (Å²) in [6.07, 6.45) is -2.04. The summed E-state index contributed by atoms with van der Waals surface area (Å²) < 4.78 is 41.6. The number of hydrogen-bond acceptors (Lipinski definition) is 2. The van der Waals surface area contributed by atoms with E-state index >= 15 is 0 Å². The SMILES string of the molecule is Cc1cc2c(cc(C(=O)NCc3cccc(C(F)(F)F)c3)n2CC2CC2)s1. The lowest BCUT2D eigenvalue weighted by atomic mass is 10.1. The summed E-state index contributed by atoms with van der Waals surface area (Å²) in [5.74, 6) is 0.352. The Morgan fingerprint density at radius 2 is 2.04 bits per heavy atom. The van der Waals surface area contributed by atoms with E-state index in [0.717, 1.165) is 28.9 Å². The molecule has 0 radical (unpaired) electrons. The number of nitrogens with zero attached hydrogens (tertiary/aromatic N) is 1. The zero-order chi connectivity index (χ0) is 19.2. The molecule has 3 nitrogen and oxygen atoms in total. The molecule has 3 aromatic rings. The second-order valence-corrected chi connectivity index (χ2v) is 8.36. The normalized spacial score (nSPS) is 14.7. The van der Waals surface area contributed by atoms with Gasteiger partial charge in [0.05, 0.1) is 15.8 Å². The third-order valence-corrected chi connectivity index (χ3v) is 5.78. The van der Waals surface area contributed by atoms with Gasteiger partial charge in [0.2, 0.25) is 0 Å². The number of halogens is 3. The quantitative estimate of drug-likeness (QED) is 0.622. The van der Waals surface area contributed by atoms with Gasteiger partial charge in [0.25, 0.3) is 5.91 Å². The van der Waals surface area contributed by atoms with E-state index in [2.05, 4.69) is 16.0 Å². The summed E-state index contributed by atoms with van der Waals surface area (Å²) in [5, 5.41) is 2.77. The molecule has 1 saturated carbocycles. The molecule has 1 aliphatic rings. The van der Waals surface area contributed by atoms with Crippen LogP contribution in [0.25, 0.3) is 10.2 Å². The third kappa shape index (κ3) is 3.88. The number of amides is 1. The summed E-state index contributed by atoms with van der Waals surface area (Å²) >= 11 is 1.65. The number of fused-ring (bicyclic) bond motifs is 1. The Labute approximate surface area is 158 Å². The van der Waals surface area contributed by atoms with Gasteiger partial charge in [-0.25, -0.2) is 0 Å². The zero-order valence-electron chi connectivity index (χ0n) is 14.8. The van der Waals surface area contributed by atoms with Crippen molar-refractivity contribution in [2.24, 2.45) is 5.92 Å². The lowest BCUT2D eigenvalue weighted by molar-refractivity contribution is -0.137. The van der Waals surface area contributed by atoms with E-state index in [1.165, 1.54) is 23.8 Å². The van der Waals surface area contributed by atoms with Crippen molar-refractivity contribution < 1.29 is 18.0 Å². The first-order chi connectivity index (χ1) is 12.8. The first kappa shape index (κ1) is 18.1. The fraction of sp³-hybridized carbons (Fsp3) is 0.350. The number of aromatic nitrogens is 1. The first-order valence-corrected chi connectivity index (χ1v) is 9.67. The minimum absolute atomic E-state index is 0.0596. The van der Waals surface area contributed by atoms with Crippen molar-refractivity contribution in [2.45, 2.75) is 39.0 Å². The molecule has 0 saturated heterocycles. The Hall–Kier alpha value is -2.28. The minimum Gasteiger partial charge on any atom is -0.347 e. The molecule has 0 bridgehead atoms. The van der Waals surface area contributed by atoms with Gasteiger partial charge in [-0.3, -0.25) is 4.79 Å². The highest BCUT2D eigenvalue weighted by atomic mass is 32.1. The maximum absolute atomic E-state index is 12.8. The van der Waals surface area contributed by atoms with Crippen LogP contribution in [0, 0.1) is 12.8 Å². The molecule has 1 amide bonds. The van der Waals surface area contributed by atoms with Crippen LogP contribution in [0.2, 0.25) is 0 Å². The summed E-state index contributed by atoms with van der Waals surface area (Å²) in [5.41, 5.74) is 1.36. The molecule has 4 rings (SSSR count). The molecule has 0 unspecified atom stereocenters. The summed E-state index contributed by atoms with van der Waals surface area (Å²) in [7, 11) is 0. The van der Waals surface area contributed by atoms with Gasteiger partial charge >= 0.3 is 6.18 Å². The summed E-state index contributed by atoms with van der Waals surface area (Å²) in [4.78, 5) is 13.9. The monoisotopic (exact) mass is 392 g/mol. The van der Waals surface area contributed by atoms with Crippen LogP contribution in [0.4, 0.5) is 13.2 Å². The largest absolute Gasteiger partial charge is 0.416 e. The molecule has 0 aliphatic heterocycles. The van der Waals surface area contributed by atoms with Crippen LogP contribution in [0.15, 0.2) is 36.4 Å². The number of carbonyl (C=O) groups is 1. The Morgan fingerprint density at radius 3 is 2.74 bits per heavy atom. The number of thiophene rings is 1. The van der Waals surface area contributed by atoms with Crippen LogP contribution in [0.3, 0.4) is 0 Å². The number of carbonyl (C=O) groups excluding carboxylic acids is 1. The van der Waals surface area contributed by atoms with Crippen LogP contribution >= 0.6 is 11.3 Å². The predicted octanol–water partition coefficient (Wildman–Crippen LogP) is 5.37. The standard InChI is InChI=1S/C20H19F3N2OS/c1-12-7-16-18(27-12)9-17(25(16)11-13-5-6-13)19(26)24-10-14-3-2-4-15(8-14)20(21,22)23/h2-4,7-9,13H,5-6,10-11H2,1H3,(H,24,26). The number of benzene rings is 1. The number of aryl methyl sites for hydroxylation is 1. The number of rotatable bonds is 5. The number of hydrogen-bond donors (Lipinski definition) is 1. The molecule has 1 N–H and O–H groups in total. The highest BCUT2D eigenvalue weighted by molar-refractivity contribution is 7.19. The van der Waals surface area contributed by atoms with E-state index in [1.54, 1.807) is 17.4 Å². The second-order valence-electron chi connectivity index (χ2n) is 7.07. The third-order valence-electron chi connectivity index (χ3n) is 4.79. The molecule has 142 valence electrons. The molecular weight excluding hydrogens is 373 g/mol.